The number of ketones is 1. The number of amides is 1. The Morgan fingerprint density at radius 1 is 1.33 bits per heavy atom. The van der Waals surface area contributed by atoms with E-state index in [1.807, 2.05) is 12.3 Å². The van der Waals surface area contributed by atoms with Crippen LogP contribution in [0.1, 0.15) is 60.2 Å². The van der Waals surface area contributed by atoms with Gasteiger partial charge in [0.1, 0.15) is 6.10 Å². The topological polar surface area (TPSA) is 118 Å². The van der Waals surface area contributed by atoms with Gasteiger partial charge in [0.25, 0.3) is 5.91 Å². The number of hydrogen-bond acceptors (Lipinski definition) is 5. The second-order valence-electron chi connectivity index (χ2n) is 5.83. The largest absolute Gasteiger partial charge is 0.383 e. The van der Waals surface area contributed by atoms with Gasteiger partial charge in [-0.2, -0.15) is 0 Å². The SMILES string of the molecule is CCCCC(CC)[C@@H](N)[C@H](O)C(=O)c1c(Cl)cccc1C(=O)NN. The molecule has 0 saturated heterocycles. The highest BCUT2D eigenvalue weighted by Crippen LogP contribution is 2.25. The van der Waals surface area contributed by atoms with Gasteiger partial charge in [-0.15, -0.1) is 0 Å². The average Bonchev–Trinajstić information content (AvgIpc) is 2.59. The van der Waals surface area contributed by atoms with E-state index in [0.717, 1.165) is 25.7 Å². The number of halogens is 1. The molecule has 0 aliphatic rings. The van der Waals surface area contributed by atoms with E-state index in [4.69, 9.17) is 23.2 Å². The quantitative estimate of drug-likeness (QED) is 0.234. The Morgan fingerprint density at radius 2 is 2.00 bits per heavy atom. The summed E-state index contributed by atoms with van der Waals surface area (Å²) in [5.74, 6) is 3.84. The van der Waals surface area contributed by atoms with Gasteiger partial charge in [-0.05, 0) is 24.5 Å². The van der Waals surface area contributed by atoms with Crippen LogP contribution >= 0.6 is 11.6 Å². The minimum atomic E-state index is -1.43. The lowest BCUT2D eigenvalue weighted by Crippen LogP contribution is -2.46. The summed E-state index contributed by atoms with van der Waals surface area (Å²) in [4.78, 5) is 24.6. The Morgan fingerprint density at radius 3 is 2.54 bits per heavy atom. The predicted octanol–water partition coefficient (Wildman–Crippen LogP) is 2.03. The van der Waals surface area contributed by atoms with Crippen molar-refractivity contribution in [2.75, 3.05) is 0 Å². The zero-order valence-electron chi connectivity index (χ0n) is 14.1. The van der Waals surface area contributed by atoms with Crippen molar-refractivity contribution in [1.29, 1.82) is 0 Å². The molecule has 0 saturated carbocycles. The number of aliphatic hydroxyl groups excluding tert-OH is 1. The number of carbonyl (C=O) groups excluding carboxylic acids is 2. The van der Waals surface area contributed by atoms with Crippen molar-refractivity contribution in [2.24, 2.45) is 17.5 Å². The second-order valence-corrected chi connectivity index (χ2v) is 6.24. The molecule has 0 spiro atoms. The van der Waals surface area contributed by atoms with E-state index in [-0.39, 0.29) is 22.1 Å². The van der Waals surface area contributed by atoms with Crippen LogP contribution in [0.4, 0.5) is 0 Å². The molecule has 1 unspecified atom stereocenters. The lowest BCUT2D eigenvalue weighted by atomic mass is 9.85. The fraction of sp³-hybridized carbons (Fsp3) is 0.529. The number of Topliss-reactive ketones (excluding diaryl/α,β-unsaturated/α-hetero) is 1. The number of nitrogens with two attached hydrogens (primary N) is 2. The van der Waals surface area contributed by atoms with E-state index in [1.165, 1.54) is 18.2 Å². The lowest BCUT2D eigenvalue weighted by molar-refractivity contribution is 0.0621. The zero-order valence-corrected chi connectivity index (χ0v) is 14.8. The van der Waals surface area contributed by atoms with Crippen molar-refractivity contribution in [3.8, 4) is 0 Å². The molecule has 0 aliphatic heterocycles. The van der Waals surface area contributed by atoms with Crippen molar-refractivity contribution in [2.45, 2.75) is 51.7 Å². The molecule has 0 aromatic heterocycles. The van der Waals surface area contributed by atoms with E-state index in [1.54, 1.807) is 0 Å². The molecule has 1 amide bonds. The number of benzene rings is 1. The van der Waals surface area contributed by atoms with Crippen LogP contribution in [0.25, 0.3) is 0 Å². The Bertz CT molecular complexity index is 580. The smallest absolute Gasteiger partial charge is 0.265 e. The number of nitrogen functional groups attached to an aromatic ring is 1. The first-order chi connectivity index (χ1) is 11.4. The highest BCUT2D eigenvalue weighted by atomic mass is 35.5. The number of aliphatic hydroxyl groups is 1. The summed E-state index contributed by atoms with van der Waals surface area (Å²) in [5.41, 5.74) is 8.05. The molecule has 134 valence electrons. The van der Waals surface area contributed by atoms with E-state index in [2.05, 4.69) is 6.92 Å². The monoisotopic (exact) mass is 355 g/mol. The molecule has 24 heavy (non-hydrogen) atoms. The van der Waals surface area contributed by atoms with Gasteiger partial charge in [-0.3, -0.25) is 15.0 Å². The summed E-state index contributed by atoms with van der Waals surface area (Å²) < 4.78 is 0. The van der Waals surface area contributed by atoms with Crippen LogP contribution in [-0.4, -0.2) is 28.9 Å². The van der Waals surface area contributed by atoms with Crippen molar-refractivity contribution in [3.05, 3.63) is 34.3 Å². The fourth-order valence-electron chi connectivity index (χ4n) is 2.76. The van der Waals surface area contributed by atoms with Gasteiger partial charge in [0.05, 0.1) is 16.1 Å². The van der Waals surface area contributed by atoms with Gasteiger partial charge in [0, 0.05) is 6.04 Å². The molecule has 0 radical (unpaired) electrons. The number of carbonyl (C=O) groups is 2. The Balaban J connectivity index is 3.10. The highest BCUT2D eigenvalue weighted by molar-refractivity contribution is 6.35. The maximum atomic E-state index is 12.7. The highest BCUT2D eigenvalue weighted by Gasteiger charge is 2.32. The van der Waals surface area contributed by atoms with Crippen molar-refractivity contribution in [3.63, 3.8) is 0 Å². The van der Waals surface area contributed by atoms with Crippen LogP contribution in [0.2, 0.25) is 5.02 Å². The van der Waals surface area contributed by atoms with Gasteiger partial charge in [0.15, 0.2) is 5.78 Å². The van der Waals surface area contributed by atoms with Crippen LogP contribution in [0.15, 0.2) is 18.2 Å². The Kier molecular flexibility index (Phi) is 8.35. The Labute approximate surface area is 147 Å². The molecule has 1 aromatic rings. The summed E-state index contributed by atoms with van der Waals surface area (Å²) in [6.45, 7) is 4.04. The van der Waals surface area contributed by atoms with Crippen LogP contribution in [0, 0.1) is 5.92 Å². The minimum Gasteiger partial charge on any atom is -0.383 e. The van der Waals surface area contributed by atoms with Crippen LogP contribution in [0.3, 0.4) is 0 Å². The van der Waals surface area contributed by atoms with Gasteiger partial charge < -0.3 is 10.8 Å². The van der Waals surface area contributed by atoms with Crippen LogP contribution < -0.4 is 17.0 Å². The number of nitrogens with one attached hydrogen (secondary N) is 1. The first-order valence-electron chi connectivity index (χ1n) is 8.16. The third kappa shape index (κ3) is 4.77. The summed E-state index contributed by atoms with van der Waals surface area (Å²) in [6, 6.07) is 3.72. The summed E-state index contributed by atoms with van der Waals surface area (Å²) in [5, 5.41) is 10.5. The third-order valence-corrected chi connectivity index (χ3v) is 4.58. The molecule has 6 N–H and O–H groups in total. The molecule has 0 aliphatic carbocycles. The number of rotatable bonds is 9. The second kappa shape index (κ2) is 9.74. The normalized spacial score (nSPS) is 14.8. The molecule has 6 nitrogen and oxygen atoms in total. The van der Waals surface area contributed by atoms with Gasteiger partial charge in [-0.25, -0.2) is 5.84 Å². The molecule has 0 heterocycles. The van der Waals surface area contributed by atoms with Crippen molar-refractivity contribution >= 4 is 23.3 Å². The lowest BCUT2D eigenvalue weighted by Gasteiger charge is -2.27. The van der Waals surface area contributed by atoms with E-state index < -0.39 is 23.8 Å². The zero-order chi connectivity index (χ0) is 18.3. The van der Waals surface area contributed by atoms with Gasteiger partial charge in [0.2, 0.25) is 0 Å². The van der Waals surface area contributed by atoms with Gasteiger partial charge >= 0.3 is 0 Å². The summed E-state index contributed by atoms with van der Waals surface area (Å²) in [6.07, 6.45) is 2.14. The number of hydrazine groups is 1. The third-order valence-electron chi connectivity index (χ3n) is 4.27. The molecular weight excluding hydrogens is 330 g/mol. The molecule has 7 heteroatoms. The maximum absolute atomic E-state index is 12.7. The van der Waals surface area contributed by atoms with E-state index >= 15 is 0 Å². The number of unbranched alkanes of at least 4 members (excludes halogenated alkanes) is 1. The molecule has 1 rings (SSSR count). The van der Waals surface area contributed by atoms with Crippen LogP contribution in [0.5, 0.6) is 0 Å². The van der Waals surface area contributed by atoms with Crippen molar-refractivity contribution in [1.82, 2.24) is 5.43 Å². The Hall–Kier alpha value is -1.47. The molecule has 0 bridgehead atoms. The molecule has 3 atom stereocenters. The van der Waals surface area contributed by atoms with Crippen molar-refractivity contribution < 1.29 is 14.7 Å². The molecule has 1 aromatic carbocycles. The van der Waals surface area contributed by atoms with E-state index in [0.29, 0.717) is 0 Å². The van der Waals surface area contributed by atoms with Gasteiger partial charge in [-0.1, -0.05) is 50.8 Å². The fourth-order valence-corrected chi connectivity index (χ4v) is 3.02. The predicted molar refractivity (Wildman–Crippen MR) is 94.7 cm³/mol. The summed E-state index contributed by atoms with van der Waals surface area (Å²) in [7, 11) is 0. The standard InChI is InChI=1S/C17H26ClN3O3/c1-3-5-7-10(4-2)14(19)16(23)15(22)13-11(17(24)21-20)8-6-9-12(13)18/h6,8-10,14,16,23H,3-5,7,19-20H2,1-2H3,(H,21,24)/t10?,14-,16+/m1/s1. The molecular formula is C17H26ClN3O3. The molecule has 0 fully saturated rings. The number of hydrogen-bond donors (Lipinski definition) is 4. The summed E-state index contributed by atoms with van der Waals surface area (Å²) >= 11 is 6.08. The first-order valence-corrected chi connectivity index (χ1v) is 8.54. The van der Waals surface area contributed by atoms with Crippen LogP contribution in [-0.2, 0) is 0 Å². The van der Waals surface area contributed by atoms with E-state index in [9.17, 15) is 14.7 Å². The average molecular weight is 356 g/mol. The first kappa shape index (κ1) is 20.6. The minimum absolute atomic E-state index is 0.0122. The maximum Gasteiger partial charge on any atom is 0.265 e.